The van der Waals surface area contributed by atoms with Gasteiger partial charge in [0.05, 0.1) is 19.8 Å². The summed E-state index contributed by atoms with van der Waals surface area (Å²) < 4.78 is 32.6. The van der Waals surface area contributed by atoms with Gasteiger partial charge in [0.1, 0.15) is 12.7 Å². The monoisotopic (exact) mass is 720 g/mol. The van der Waals surface area contributed by atoms with Gasteiger partial charge in [-0.3, -0.25) is 18.6 Å². The molecule has 10 nitrogen and oxygen atoms in total. The average Bonchev–Trinajstić information content (AvgIpc) is 3.09. The lowest BCUT2D eigenvalue weighted by atomic mass is 10.0. The van der Waals surface area contributed by atoms with Gasteiger partial charge in [-0.25, -0.2) is 4.57 Å². The minimum atomic E-state index is -4.61. The molecule has 0 rings (SSSR count). The van der Waals surface area contributed by atoms with Crippen LogP contribution in [0.1, 0.15) is 181 Å². The number of carbonyl (C=O) groups excluding carboxylic acids is 2. The molecule has 0 saturated carbocycles. The standard InChI is InChI=1S/C38H73O10P/c1-3-5-7-9-11-13-15-17-19-21-23-25-27-29-37(41)45-33-36(34-47-49(43,44)46-32-35(40)31-39)48-38(42)30-28-26-24-22-20-18-16-14-12-10-8-6-4-2/h13,15,35-36,39-40H,3-12,14,16-34H2,1-2H3,(H,43,44)/b15-13+/t35-,36+/m0/s1. The first-order valence-corrected chi connectivity index (χ1v) is 21.1. The number of hydrogen-bond donors (Lipinski definition) is 3. The van der Waals surface area contributed by atoms with Crippen LogP contribution in [0.2, 0.25) is 0 Å². The lowest BCUT2D eigenvalue weighted by Crippen LogP contribution is -2.29. The summed E-state index contributed by atoms with van der Waals surface area (Å²) in [6, 6.07) is 0. The first-order chi connectivity index (χ1) is 23.7. The largest absolute Gasteiger partial charge is 0.472 e. The number of rotatable bonds is 37. The molecule has 1 unspecified atom stereocenters. The van der Waals surface area contributed by atoms with Crippen molar-refractivity contribution in [2.75, 3.05) is 26.4 Å². The molecule has 0 heterocycles. The van der Waals surface area contributed by atoms with Crippen molar-refractivity contribution in [3.05, 3.63) is 12.2 Å². The molecule has 0 aromatic heterocycles. The van der Waals surface area contributed by atoms with Crippen LogP contribution in [0.4, 0.5) is 0 Å². The molecule has 0 spiro atoms. The highest BCUT2D eigenvalue weighted by Crippen LogP contribution is 2.43. The van der Waals surface area contributed by atoms with Crippen LogP contribution >= 0.6 is 7.82 Å². The number of phosphoric ester groups is 1. The highest BCUT2D eigenvalue weighted by Gasteiger charge is 2.27. The molecule has 0 aliphatic heterocycles. The number of esters is 2. The van der Waals surface area contributed by atoms with E-state index in [-0.39, 0.29) is 19.4 Å². The van der Waals surface area contributed by atoms with Gasteiger partial charge in [0.2, 0.25) is 0 Å². The highest BCUT2D eigenvalue weighted by molar-refractivity contribution is 7.47. The number of phosphoric acid groups is 1. The second-order valence-electron chi connectivity index (χ2n) is 13.3. The number of hydrogen-bond acceptors (Lipinski definition) is 9. The van der Waals surface area contributed by atoms with E-state index in [9.17, 15) is 24.2 Å². The van der Waals surface area contributed by atoms with E-state index in [1.807, 2.05) is 0 Å². The van der Waals surface area contributed by atoms with Crippen LogP contribution in [0.5, 0.6) is 0 Å². The van der Waals surface area contributed by atoms with E-state index < -0.39 is 51.8 Å². The van der Waals surface area contributed by atoms with Crippen LogP contribution in [0.25, 0.3) is 0 Å². The van der Waals surface area contributed by atoms with E-state index in [0.29, 0.717) is 12.8 Å². The first kappa shape index (κ1) is 47.7. The van der Waals surface area contributed by atoms with Crippen LogP contribution in [0, 0.1) is 0 Å². The number of carbonyl (C=O) groups is 2. The fourth-order valence-electron chi connectivity index (χ4n) is 5.34. The van der Waals surface area contributed by atoms with Gasteiger partial charge in [0, 0.05) is 12.8 Å². The highest BCUT2D eigenvalue weighted by atomic mass is 31.2. The molecule has 11 heteroatoms. The molecule has 0 aliphatic rings. The van der Waals surface area contributed by atoms with Crippen molar-refractivity contribution in [1.82, 2.24) is 0 Å². The third-order valence-corrected chi connectivity index (χ3v) is 9.37. The molecule has 0 radical (unpaired) electrons. The second-order valence-corrected chi connectivity index (χ2v) is 14.8. The zero-order valence-corrected chi connectivity index (χ0v) is 32.1. The fraction of sp³-hybridized carbons (Fsp3) is 0.895. The van der Waals surface area contributed by atoms with E-state index in [2.05, 4.69) is 30.5 Å². The molecule has 49 heavy (non-hydrogen) atoms. The van der Waals surface area contributed by atoms with E-state index in [1.165, 1.54) is 83.5 Å². The van der Waals surface area contributed by atoms with Crippen LogP contribution in [-0.2, 0) is 32.7 Å². The molecular formula is C38H73O10P. The fourth-order valence-corrected chi connectivity index (χ4v) is 6.13. The van der Waals surface area contributed by atoms with Crippen molar-refractivity contribution in [2.24, 2.45) is 0 Å². The Bertz CT molecular complexity index is 837. The maximum Gasteiger partial charge on any atom is 0.472 e. The first-order valence-electron chi connectivity index (χ1n) is 19.6. The Hall–Kier alpha value is -1.29. The van der Waals surface area contributed by atoms with E-state index >= 15 is 0 Å². The zero-order valence-electron chi connectivity index (χ0n) is 31.2. The molecule has 0 amide bonds. The molecule has 0 saturated heterocycles. The summed E-state index contributed by atoms with van der Waals surface area (Å²) in [6.07, 6.45) is 30.3. The predicted octanol–water partition coefficient (Wildman–Crippen LogP) is 9.67. The van der Waals surface area contributed by atoms with Crippen LogP contribution in [0.15, 0.2) is 12.2 Å². The number of unbranched alkanes of at least 4 members (excludes halogenated alkanes) is 21. The number of aliphatic hydroxyl groups is 2. The van der Waals surface area contributed by atoms with Gasteiger partial charge in [-0.15, -0.1) is 0 Å². The van der Waals surface area contributed by atoms with Crippen molar-refractivity contribution < 1.29 is 47.8 Å². The number of allylic oxidation sites excluding steroid dienone is 2. The lowest BCUT2D eigenvalue weighted by Gasteiger charge is -2.20. The third kappa shape index (κ3) is 34.9. The minimum Gasteiger partial charge on any atom is -0.462 e. The lowest BCUT2D eigenvalue weighted by molar-refractivity contribution is -0.161. The number of aliphatic hydroxyl groups excluding tert-OH is 2. The van der Waals surface area contributed by atoms with Gasteiger partial charge in [-0.2, -0.15) is 0 Å². The Morgan fingerprint density at radius 2 is 1.00 bits per heavy atom. The maximum atomic E-state index is 12.5. The Morgan fingerprint density at radius 3 is 1.49 bits per heavy atom. The minimum absolute atomic E-state index is 0.187. The smallest absolute Gasteiger partial charge is 0.462 e. The Kier molecular flexibility index (Phi) is 34.2. The van der Waals surface area contributed by atoms with Crippen LogP contribution < -0.4 is 0 Å². The normalized spacial score (nSPS) is 14.1. The molecule has 3 atom stereocenters. The quantitative estimate of drug-likeness (QED) is 0.0245. The summed E-state index contributed by atoms with van der Waals surface area (Å²) in [4.78, 5) is 34.8. The van der Waals surface area contributed by atoms with Crippen molar-refractivity contribution in [3.63, 3.8) is 0 Å². The Balaban J connectivity index is 4.35. The van der Waals surface area contributed by atoms with Crippen molar-refractivity contribution in [1.29, 1.82) is 0 Å². The number of ether oxygens (including phenoxy) is 2. The molecule has 3 N–H and O–H groups in total. The Labute approximate surface area is 298 Å². The summed E-state index contributed by atoms with van der Waals surface area (Å²) in [6.45, 7) is 2.35. The van der Waals surface area contributed by atoms with Gasteiger partial charge >= 0.3 is 19.8 Å². The second kappa shape index (κ2) is 35.1. The van der Waals surface area contributed by atoms with E-state index in [0.717, 1.165) is 57.8 Å². The van der Waals surface area contributed by atoms with Crippen molar-refractivity contribution in [3.8, 4) is 0 Å². The average molecular weight is 721 g/mol. The third-order valence-electron chi connectivity index (χ3n) is 8.42. The van der Waals surface area contributed by atoms with Gasteiger partial charge in [-0.1, -0.05) is 142 Å². The molecular weight excluding hydrogens is 647 g/mol. The molecule has 0 aliphatic carbocycles. The topological polar surface area (TPSA) is 149 Å². The molecule has 0 aromatic rings. The molecule has 0 fully saturated rings. The summed E-state index contributed by atoms with van der Waals surface area (Å²) in [5.74, 6) is -0.929. The summed E-state index contributed by atoms with van der Waals surface area (Å²) in [5.41, 5.74) is 0. The van der Waals surface area contributed by atoms with Gasteiger partial charge < -0.3 is 24.6 Å². The SMILES string of the molecule is CCCCCC/C=C/CCCCCCCC(=O)OC[C@H](COP(=O)(O)OC[C@@H](O)CO)OC(=O)CCCCCCCCCCCCCCC. The van der Waals surface area contributed by atoms with E-state index in [4.69, 9.17) is 19.1 Å². The summed E-state index contributed by atoms with van der Waals surface area (Å²) in [7, 11) is -4.61. The van der Waals surface area contributed by atoms with Gasteiger partial charge in [0.15, 0.2) is 6.10 Å². The summed E-state index contributed by atoms with van der Waals surface area (Å²) >= 11 is 0. The van der Waals surface area contributed by atoms with E-state index in [1.54, 1.807) is 0 Å². The predicted molar refractivity (Wildman–Crippen MR) is 196 cm³/mol. The Morgan fingerprint density at radius 1 is 0.592 bits per heavy atom. The van der Waals surface area contributed by atoms with Crippen molar-refractivity contribution >= 4 is 19.8 Å². The summed E-state index contributed by atoms with van der Waals surface area (Å²) in [5, 5.41) is 18.3. The molecule has 290 valence electrons. The van der Waals surface area contributed by atoms with Gasteiger partial charge in [0.25, 0.3) is 0 Å². The molecule has 0 aromatic carbocycles. The zero-order chi connectivity index (χ0) is 36.3. The van der Waals surface area contributed by atoms with Crippen LogP contribution in [0.3, 0.4) is 0 Å². The van der Waals surface area contributed by atoms with Crippen LogP contribution in [-0.4, -0.2) is 65.7 Å². The van der Waals surface area contributed by atoms with Gasteiger partial charge in [-0.05, 0) is 38.5 Å². The molecule has 0 bridgehead atoms. The maximum absolute atomic E-state index is 12.5. The van der Waals surface area contributed by atoms with Crippen molar-refractivity contribution in [2.45, 2.75) is 193 Å².